The Hall–Kier alpha value is -6.20. The topological polar surface area (TPSA) is 143 Å². The zero-order chi connectivity index (χ0) is 47.2. The Kier molecular flexibility index (Phi) is 8.60. The summed E-state index contributed by atoms with van der Waals surface area (Å²) in [5, 5.41) is 6.42. The van der Waals surface area contributed by atoms with Crippen molar-refractivity contribution in [2.75, 3.05) is 28.4 Å². The quantitative estimate of drug-likeness (QED) is 0.147. The van der Waals surface area contributed by atoms with Crippen LogP contribution in [0.2, 0.25) is 0 Å². The van der Waals surface area contributed by atoms with E-state index in [9.17, 15) is 0 Å². The fraction of sp³-hybridized carbons (Fsp3) is 0.448. The highest BCUT2D eigenvalue weighted by Crippen LogP contribution is 2.84. The molecule has 3 aliphatic heterocycles. The van der Waals surface area contributed by atoms with E-state index in [-0.39, 0.29) is 71.1 Å². The van der Waals surface area contributed by atoms with Crippen molar-refractivity contribution in [2.24, 2.45) is 47.3 Å². The van der Waals surface area contributed by atoms with Gasteiger partial charge in [-0.1, -0.05) is 38.1 Å². The number of rotatable bonds is 6. The lowest BCUT2D eigenvalue weighted by Gasteiger charge is -2.53. The summed E-state index contributed by atoms with van der Waals surface area (Å²) >= 11 is 0. The maximum atomic E-state index is 15.2. The Morgan fingerprint density at radius 1 is 0.580 bits per heavy atom. The molecule has 14 rings (SSSR count). The second-order valence-corrected chi connectivity index (χ2v) is 21.6. The summed E-state index contributed by atoms with van der Waals surface area (Å²) in [6.07, 6.45) is 14.4. The van der Waals surface area contributed by atoms with Crippen LogP contribution in [0.3, 0.4) is 0 Å². The van der Waals surface area contributed by atoms with Crippen LogP contribution in [0.5, 0.6) is 11.5 Å². The highest BCUT2D eigenvalue weighted by Gasteiger charge is 2.90. The SMILES string of the molecule is CCc1c(C)/c2[nH]/c1=C\c1[nH]c(c3c1C[C@@H]1[C@H](C3)[C@@H]3C[C@H]1[C@@H]1[C@H]3[C@]3(C(=O)OC)O[C@@]1(C(=O)OC)[C@@H]1[C@H]3[C@@H]3C[C@H]1c1c3c(OC)c3ccccc3c1OC)/C=c1\[nH]/c(c(C)c1CC)=C\c1ccc([nH]1)\C=2. The number of hydrogen-bond donors (Lipinski definition) is 4. The molecule has 0 spiro atoms. The number of hydrogen-bond acceptors (Lipinski definition) is 7. The molecule has 7 heterocycles. The van der Waals surface area contributed by atoms with Gasteiger partial charge >= 0.3 is 11.9 Å². The van der Waals surface area contributed by atoms with Gasteiger partial charge in [0.2, 0.25) is 0 Å². The molecule has 5 aliphatic carbocycles. The number of nitrogens with one attached hydrogen (secondary N) is 4. The zero-order valence-electron chi connectivity index (χ0n) is 40.6. The number of benzene rings is 2. The fourth-order valence-electron chi connectivity index (χ4n) is 17.6. The Morgan fingerprint density at radius 2 is 1.04 bits per heavy atom. The van der Waals surface area contributed by atoms with Gasteiger partial charge in [-0.05, 0) is 158 Å². The van der Waals surface area contributed by atoms with Gasteiger partial charge in [0.1, 0.15) is 11.5 Å². The number of esters is 2. The molecule has 4 aromatic heterocycles. The van der Waals surface area contributed by atoms with E-state index in [2.05, 4.69) is 96.2 Å². The van der Waals surface area contributed by atoms with Crippen LogP contribution in [0, 0.1) is 61.2 Å². The zero-order valence-corrected chi connectivity index (χ0v) is 40.6. The third-order valence-corrected chi connectivity index (χ3v) is 19.6. The average molecular weight is 925 g/mol. The largest absolute Gasteiger partial charge is 0.496 e. The highest BCUT2D eigenvalue weighted by atomic mass is 16.6. The van der Waals surface area contributed by atoms with Crippen LogP contribution < -0.4 is 30.9 Å². The predicted octanol–water partition coefficient (Wildman–Crippen LogP) is 6.14. The fourth-order valence-corrected chi connectivity index (χ4v) is 17.6. The van der Waals surface area contributed by atoms with Gasteiger partial charge in [-0.3, -0.25) is 0 Å². The van der Waals surface area contributed by atoms with Gasteiger partial charge in [-0.15, -0.1) is 0 Å². The molecule has 2 aromatic carbocycles. The minimum Gasteiger partial charge on any atom is -0.496 e. The molecule has 12 atom stereocenters. The smallest absolute Gasteiger partial charge is 0.338 e. The first kappa shape index (κ1) is 41.7. The molecule has 11 heteroatoms. The Balaban J connectivity index is 0.958. The molecule has 5 fully saturated rings. The van der Waals surface area contributed by atoms with E-state index in [1.165, 1.54) is 47.6 Å². The van der Waals surface area contributed by atoms with Crippen LogP contribution in [0.25, 0.3) is 35.1 Å². The predicted molar refractivity (Wildman–Crippen MR) is 262 cm³/mol. The van der Waals surface area contributed by atoms with Crippen molar-refractivity contribution in [1.29, 1.82) is 0 Å². The second kappa shape index (κ2) is 14.2. The molecule has 8 aliphatic rings. The molecule has 0 unspecified atom stereocenters. The monoisotopic (exact) mass is 924 g/mol. The van der Waals surface area contributed by atoms with Crippen LogP contribution in [0.4, 0.5) is 0 Å². The van der Waals surface area contributed by atoms with E-state index in [4.69, 9.17) is 23.7 Å². The number of fused-ring (bicyclic) bond motifs is 34. The Labute approximate surface area is 400 Å². The number of aromatic nitrogens is 4. The molecule has 3 saturated carbocycles. The van der Waals surface area contributed by atoms with E-state index >= 15 is 9.59 Å². The third-order valence-electron chi connectivity index (χ3n) is 19.6. The molecule has 4 N–H and O–H groups in total. The maximum Gasteiger partial charge on any atom is 0.338 e. The molecule has 0 amide bonds. The van der Waals surface area contributed by atoms with Crippen molar-refractivity contribution in [2.45, 2.75) is 89.3 Å². The van der Waals surface area contributed by atoms with Crippen molar-refractivity contribution >= 4 is 47.0 Å². The van der Waals surface area contributed by atoms with E-state index in [1.54, 1.807) is 14.2 Å². The first-order chi connectivity index (χ1) is 33.5. The first-order valence-corrected chi connectivity index (χ1v) is 25.3. The summed E-state index contributed by atoms with van der Waals surface area (Å²) in [7, 11) is 6.47. The number of carbonyl (C=O) groups is 2. The summed E-state index contributed by atoms with van der Waals surface area (Å²) in [6, 6.07) is 12.5. The van der Waals surface area contributed by atoms with Gasteiger partial charge in [0.15, 0.2) is 11.2 Å². The molecule has 2 saturated heterocycles. The number of carbonyl (C=O) groups excluding carboxylic acids is 2. The normalized spacial score (nSPS) is 34.0. The molecular formula is C58H60N4O7. The summed E-state index contributed by atoms with van der Waals surface area (Å²) in [6.45, 7) is 8.92. The Bertz CT molecular complexity index is 3310. The summed E-state index contributed by atoms with van der Waals surface area (Å²) in [4.78, 5) is 45.7. The lowest BCUT2D eigenvalue weighted by Crippen LogP contribution is -2.62. The van der Waals surface area contributed by atoms with Crippen LogP contribution in [-0.4, -0.2) is 71.5 Å². The van der Waals surface area contributed by atoms with Gasteiger partial charge in [0.05, 0.1) is 28.4 Å². The second-order valence-electron chi connectivity index (χ2n) is 21.6. The summed E-state index contributed by atoms with van der Waals surface area (Å²) in [5.74, 6) is 0.636. The molecule has 0 radical (unpaired) electrons. The van der Waals surface area contributed by atoms with Gasteiger partial charge in [-0.2, -0.15) is 0 Å². The van der Waals surface area contributed by atoms with Crippen LogP contribution >= 0.6 is 0 Å². The number of H-pyrrole nitrogens is 4. The van der Waals surface area contributed by atoms with E-state index in [0.29, 0.717) is 0 Å². The standard InChI is InChI=1S/C58H60N4O7/c1-9-29-25(3)41-17-27-15-16-28(59-27)18-42-26(4)30(10-2)44(61-42)24-46-36-20-34-33(19-35(36)45(62-46)23-43(29)60-41)37-21-38(34)50-49(37)57(55(63)67-7)51-39-22-40(52(51)58(50,69-57)56(64)68-8)48-47(39)53(65-5)31-13-11-12-14-32(31)54(48)66-6/h11-18,23-24,33-34,37-40,49-52,59-62H,9-10,19-22H2,1-8H3/b27-17?,28-18?,41-17-,42-18-,43-23-,44-24-,45-23?,46-24?/t33-,34+,37-,38+,39+,40-,49-,50+,51+,52-,57-,58+. The van der Waals surface area contributed by atoms with Crippen LogP contribution in [-0.2, 0) is 49.5 Å². The maximum absolute atomic E-state index is 15.2. The van der Waals surface area contributed by atoms with E-state index in [0.717, 1.165) is 116 Å². The molecule has 14 bridgehead atoms. The molecule has 69 heavy (non-hydrogen) atoms. The van der Waals surface area contributed by atoms with Crippen molar-refractivity contribution in [1.82, 2.24) is 19.9 Å². The van der Waals surface area contributed by atoms with Crippen molar-refractivity contribution in [3.8, 4) is 11.5 Å². The van der Waals surface area contributed by atoms with Crippen molar-refractivity contribution in [3.05, 3.63) is 125 Å². The van der Waals surface area contributed by atoms with Crippen LogP contribution in [0.1, 0.15) is 106 Å². The van der Waals surface area contributed by atoms with Gasteiger partial charge in [0.25, 0.3) is 0 Å². The molecule has 6 aromatic rings. The Morgan fingerprint density at radius 3 is 1.46 bits per heavy atom. The molecule has 354 valence electrons. The van der Waals surface area contributed by atoms with Gasteiger partial charge in [0, 0.05) is 89.7 Å². The molecular weight excluding hydrogens is 865 g/mol. The van der Waals surface area contributed by atoms with Gasteiger partial charge < -0.3 is 43.6 Å². The number of methoxy groups -OCH3 is 4. The third kappa shape index (κ3) is 4.93. The van der Waals surface area contributed by atoms with Crippen LogP contribution in [0.15, 0.2) is 36.4 Å². The lowest BCUT2D eigenvalue weighted by atomic mass is 9.47. The lowest BCUT2D eigenvalue weighted by molar-refractivity contribution is -0.187. The highest BCUT2D eigenvalue weighted by molar-refractivity contribution is 5.98. The summed E-state index contributed by atoms with van der Waals surface area (Å²) in [5.41, 5.74) is 11.8. The average Bonchev–Trinajstić information content (AvgIpc) is 4.25. The minimum atomic E-state index is -1.32. The first-order valence-electron chi connectivity index (χ1n) is 25.3. The van der Waals surface area contributed by atoms with Gasteiger partial charge in [-0.25, -0.2) is 9.59 Å². The molecule has 11 nitrogen and oxygen atoms in total. The summed E-state index contributed by atoms with van der Waals surface area (Å²) < 4.78 is 32.1. The van der Waals surface area contributed by atoms with Crippen molar-refractivity contribution < 1.29 is 33.3 Å². The van der Waals surface area contributed by atoms with E-state index < -0.39 is 11.2 Å². The number of aromatic amines is 4. The number of ether oxygens (including phenoxy) is 5. The van der Waals surface area contributed by atoms with Crippen molar-refractivity contribution in [3.63, 3.8) is 0 Å². The van der Waals surface area contributed by atoms with E-state index in [1.807, 2.05) is 12.1 Å². The minimum absolute atomic E-state index is 0.0996.